The van der Waals surface area contributed by atoms with Crippen LogP contribution in [0.5, 0.6) is 0 Å². The number of hydrogen-bond acceptors (Lipinski definition) is 4. The third-order valence-corrected chi connectivity index (χ3v) is 4.60. The number of aromatic nitrogens is 2. The third-order valence-electron chi connectivity index (χ3n) is 3.65. The van der Waals surface area contributed by atoms with Crippen LogP contribution in [0, 0.1) is 12.7 Å². The number of nitrogens with zero attached hydrogens (tertiary/aromatic N) is 3. The second-order valence-corrected chi connectivity index (χ2v) is 7.52. The number of aliphatic imine (C=N–C) groups is 1. The average Bonchev–Trinajstić information content (AvgIpc) is 2.95. The molecule has 0 aliphatic heterocycles. The Labute approximate surface area is 158 Å². The van der Waals surface area contributed by atoms with Crippen molar-refractivity contribution in [2.45, 2.75) is 26.7 Å². The normalized spacial score (nSPS) is 12.4. The van der Waals surface area contributed by atoms with E-state index in [0.717, 1.165) is 34.7 Å². The number of allylic oxidation sites excluding steroid dienone is 1. The summed E-state index contributed by atoms with van der Waals surface area (Å²) >= 11 is 1.27. The molecule has 4 nitrogen and oxygen atoms in total. The standard InChI is InChI=1S/C19H17F3N4S/c1-10(2)8-15(23)24-16-14-9-11(3)27-17(14)26-18(25-16)19(21,22)12-4-6-13(20)7-5-12/h4-9H,1-3H3,(H2,23,24,25,26). The highest BCUT2D eigenvalue weighted by atomic mass is 32.1. The molecule has 0 spiro atoms. The van der Waals surface area contributed by atoms with Gasteiger partial charge in [0.15, 0.2) is 5.82 Å². The van der Waals surface area contributed by atoms with Crippen molar-refractivity contribution < 1.29 is 13.2 Å². The summed E-state index contributed by atoms with van der Waals surface area (Å²) in [4.78, 5) is 13.5. The first kappa shape index (κ1) is 19.0. The van der Waals surface area contributed by atoms with Gasteiger partial charge < -0.3 is 5.73 Å². The molecule has 1 aromatic carbocycles. The maximum Gasteiger partial charge on any atom is 0.331 e. The van der Waals surface area contributed by atoms with E-state index in [2.05, 4.69) is 15.0 Å². The number of halogens is 3. The van der Waals surface area contributed by atoms with Gasteiger partial charge in [-0.3, -0.25) is 0 Å². The van der Waals surface area contributed by atoms with Gasteiger partial charge in [0.25, 0.3) is 0 Å². The highest BCUT2D eigenvalue weighted by Gasteiger charge is 2.38. The van der Waals surface area contributed by atoms with Crippen LogP contribution in [-0.2, 0) is 5.92 Å². The van der Waals surface area contributed by atoms with Crippen LogP contribution in [0.25, 0.3) is 10.2 Å². The Morgan fingerprint density at radius 1 is 1.19 bits per heavy atom. The van der Waals surface area contributed by atoms with Gasteiger partial charge in [-0.05, 0) is 57.2 Å². The molecule has 0 bridgehead atoms. The Morgan fingerprint density at radius 2 is 1.85 bits per heavy atom. The van der Waals surface area contributed by atoms with E-state index in [-0.39, 0.29) is 11.7 Å². The van der Waals surface area contributed by atoms with Gasteiger partial charge in [0.05, 0.1) is 5.39 Å². The Balaban J connectivity index is 2.19. The zero-order chi connectivity index (χ0) is 19.8. The molecule has 0 amide bonds. The summed E-state index contributed by atoms with van der Waals surface area (Å²) in [5.41, 5.74) is 6.40. The predicted molar refractivity (Wildman–Crippen MR) is 102 cm³/mol. The van der Waals surface area contributed by atoms with Crippen molar-refractivity contribution in [1.29, 1.82) is 0 Å². The zero-order valence-electron chi connectivity index (χ0n) is 14.9. The van der Waals surface area contributed by atoms with Gasteiger partial charge in [0, 0.05) is 10.4 Å². The summed E-state index contributed by atoms with van der Waals surface area (Å²) < 4.78 is 43.0. The molecule has 8 heteroatoms. The average molecular weight is 390 g/mol. The monoisotopic (exact) mass is 390 g/mol. The molecule has 0 radical (unpaired) electrons. The van der Waals surface area contributed by atoms with E-state index >= 15 is 0 Å². The van der Waals surface area contributed by atoms with Crippen LogP contribution < -0.4 is 5.73 Å². The van der Waals surface area contributed by atoms with Crippen LogP contribution >= 0.6 is 11.3 Å². The molecule has 3 rings (SSSR count). The van der Waals surface area contributed by atoms with Gasteiger partial charge in [-0.1, -0.05) is 5.57 Å². The van der Waals surface area contributed by atoms with Crippen LogP contribution in [0.4, 0.5) is 19.0 Å². The van der Waals surface area contributed by atoms with Crippen LogP contribution in [0.3, 0.4) is 0 Å². The van der Waals surface area contributed by atoms with E-state index in [9.17, 15) is 13.2 Å². The number of benzene rings is 1. The molecular weight excluding hydrogens is 373 g/mol. The van der Waals surface area contributed by atoms with Gasteiger partial charge >= 0.3 is 5.92 Å². The molecule has 2 heterocycles. The highest BCUT2D eigenvalue weighted by Crippen LogP contribution is 2.38. The van der Waals surface area contributed by atoms with E-state index in [1.165, 1.54) is 11.3 Å². The number of aryl methyl sites for hydroxylation is 1. The first-order valence-electron chi connectivity index (χ1n) is 8.08. The van der Waals surface area contributed by atoms with Crippen molar-refractivity contribution in [2.24, 2.45) is 10.7 Å². The molecule has 0 atom stereocenters. The molecule has 0 saturated heterocycles. The Bertz CT molecular complexity index is 1050. The van der Waals surface area contributed by atoms with Crippen molar-refractivity contribution in [3.8, 4) is 0 Å². The van der Waals surface area contributed by atoms with Gasteiger partial charge in [-0.2, -0.15) is 8.78 Å². The lowest BCUT2D eigenvalue weighted by Crippen LogP contribution is -2.19. The molecular formula is C19H17F3N4S. The number of thiophene rings is 1. The van der Waals surface area contributed by atoms with Gasteiger partial charge in [-0.15, -0.1) is 11.3 Å². The Kier molecular flexibility index (Phi) is 5.01. The molecule has 0 fully saturated rings. The molecule has 27 heavy (non-hydrogen) atoms. The van der Waals surface area contributed by atoms with Gasteiger partial charge in [0.1, 0.15) is 16.5 Å². The molecule has 0 aliphatic rings. The van der Waals surface area contributed by atoms with Crippen molar-refractivity contribution in [3.05, 3.63) is 64.1 Å². The van der Waals surface area contributed by atoms with Crippen molar-refractivity contribution in [2.75, 3.05) is 0 Å². The summed E-state index contributed by atoms with van der Waals surface area (Å²) in [6.07, 6.45) is 1.63. The summed E-state index contributed by atoms with van der Waals surface area (Å²) in [5, 5.41) is 0.557. The number of rotatable bonds is 4. The summed E-state index contributed by atoms with van der Waals surface area (Å²) in [6, 6.07) is 5.77. The lowest BCUT2D eigenvalue weighted by Gasteiger charge is -2.15. The predicted octanol–water partition coefficient (Wildman–Crippen LogP) is 5.23. The summed E-state index contributed by atoms with van der Waals surface area (Å²) in [5.74, 6) is -4.56. The zero-order valence-corrected chi connectivity index (χ0v) is 15.7. The minimum Gasteiger partial charge on any atom is -0.384 e. The second-order valence-electron chi connectivity index (χ2n) is 6.29. The van der Waals surface area contributed by atoms with Gasteiger partial charge in [0.2, 0.25) is 5.82 Å². The largest absolute Gasteiger partial charge is 0.384 e. The number of fused-ring (bicyclic) bond motifs is 1. The number of amidine groups is 1. The first-order valence-corrected chi connectivity index (χ1v) is 8.90. The quantitative estimate of drug-likeness (QED) is 0.490. The Morgan fingerprint density at radius 3 is 2.48 bits per heavy atom. The second kappa shape index (κ2) is 7.11. The van der Waals surface area contributed by atoms with E-state index < -0.39 is 23.1 Å². The first-order chi connectivity index (χ1) is 12.7. The summed E-state index contributed by atoms with van der Waals surface area (Å²) in [6.45, 7) is 5.54. The molecule has 0 aliphatic carbocycles. The fraction of sp³-hybridized carbons (Fsp3) is 0.211. The van der Waals surface area contributed by atoms with Crippen LogP contribution in [-0.4, -0.2) is 15.8 Å². The van der Waals surface area contributed by atoms with Crippen molar-refractivity contribution in [3.63, 3.8) is 0 Å². The summed E-state index contributed by atoms with van der Waals surface area (Å²) in [7, 11) is 0. The minimum atomic E-state index is -3.50. The van der Waals surface area contributed by atoms with Crippen LogP contribution in [0.15, 0.2) is 47.0 Å². The maximum absolute atomic E-state index is 14.9. The molecule has 0 unspecified atom stereocenters. The lowest BCUT2D eigenvalue weighted by atomic mass is 10.1. The SMILES string of the molecule is CC(C)=CC(N)=Nc1nc(C(F)(F)c2ccc(F)cc2)nc2sc(C)cc12. The van der Waals surface area contributed by atoms with Crippen LogP contribution in [0.2, 0.25) is 0 Å². The third kappa shape index (κ3) is 4.00. The van der Waals surface area contributed by atoms with Crippen molar-refractivity contribution >= 4 is 33.2 Å². The fourth-order valence-electron chi connectivity index (χ4n) is 2.49. The molecule has 2 aromatic heterocycles. The molecule has 140 valence electrons. The highest BCUT2D eigenvalue weighted by molar-refractivity contribution is 7.18. The number of hydrogen-bond donors (Lipinski definition) is 1. The smallest absolute Gasteiger partial charge is 0.331 e. The van der Waals surface area contributed by atoms with Crippen molar-refractivity contribution in [1.82, 2.24) is 9.97 Å². The fourth-order valence-corrected chi connectivity index (χ4v) is 3.37. The number of nitrogens with two attached hydrogens (primary N) is 1. The Hall–Kier alpha value is -2.74. The van der Waals surface area contributed by atoms with Crippen LogP contribution in [0.1, 0.15) is 30.1 Å². The van der Waals surface area contributed by atoms with E-state index in [1.807, 2.05) is 20.8 Å². The van der Waals surface area contributed by atoms with Gasteiger partial charge in [-0.25, -0.2) is 19.4 Å². The van der Waals surface area contributed by atoms with E-state index in [4.69, 9.17) is 5.73 Å². The lowest BCUT2D eigenvalue weighted by molar-refractivity contribution is 0.0333. The van der Waals surface area contributed by atoms with E-state index in [0.29, 0.717) is 10.2 Å². The minimum absolute atomic E-state index is 0.0798. The molecule has 0 saturated carbocycles. The number of alkyl halides is 2. The van der Waals surface area contributed by atoms with E-state index in [1.54, 1.807) is 12.1 Å². The molecule has 2 N–H and O–H groups in total. The topological polar surface area (TPSA) is 64.2 Å². The maximum atomic E-state index is 14.9. The molecule has 3 aromatic rings.